The minimum Gasteiger partial charge on any atom is -0.444 e. The summed E-state index contributed by atoms with van der Waals surface area (Å²) in [5, 5.41) is 7.12. The molecule has 1 aliphatic heterocycles. The zero-order valence-corrected chi connectivity index (χ0v) is 12.3. The van der Waals surface area contributed by atoms with E-state index >= 15 is 0 Å². The van der Waals surface area contributed by atoms with Gasteiger partial charge in [0.2, 0.25) is 4.91 Å². The van der Waals surface area contributed by atoms with Crippen molar-refractivity contribution in [1.82, 2.24) is 9.81 Å². The maximum absolute atomic E-state index is 13.7. The predicted molar refractivity (Wildman–Crippen MR) is 68.6 cm³/mol. The van der Waals surface area contributed by atoms with Crippen LogP contribution in [0.5, 0.6) is 0 Å². The smallest absolute Gasteiger partial charge is 0.410 e. The normalized spacial score (nSPS) is 21.9. The highest BCUT2D eigenvalue weighted by Crippen LogP contribution is 2.31. The highest BCUT2D eigenvalue weighted by Gasteiger charge is 2.43. The third-order valence-corrected chi connectivity index (χ3v) is 2.63. The molecule has 0 spiro atoms. The fourth-order valence-electron chi connectivity index (χ4n) is 2.01. The second-order valence-electron chi connectivity index (χ2n) is 5.90. The third kappa shape index (κ3) is 5.61. The van der Waals surface area contributed by atoms with Crippen LogP contribution in [0.3, 0.4) is 0 Å². The fourth-order valence-corrected chi connectivity index (χ4v) is 2.01. The van der Waals surface area contributed by atoms with E-state index in [4.69, 9.17) is 4.74 Å². The second-order valence-corrected chi connectivity index (χ2v) is 5.90. The molecule has 1 rings (SSSR count). The topological polar surface area (TPSA) is 68.4 Å². The van der Waals surface area contributed by atoms with Crippen molar-refractivity contribution in [3.8, 4) is 0 Å². The Hall–Kier alpha value is -1.56. The molecule has 0 bridgehead atoms. The summed E-state index contributed by atoms with van der Waals surface area (Å²) in [5.41, 5.74) is -0.708. The molecule has 0 aliphatic carbocycles. The number of carbonyl (C=O) groups is 1. The molecule has 1 atom stereocenters. The minimum atomic E-state index is -2.93. The zero-order valence-electron chi connectivity index (χ0n) is 12.3. The molecule has 0 radical (unpaired) electrons. The van der Waals surface area contributed by atoms with E-state index < -0.39 is 30.1 Å². The summed E-state index contributed by atoms with van der Waals surface area (Å²) in [6, 6.07) is 0. The van der Waals surface area contributed by atoms with Crippen LogP contribution in [-0.2, 0) is 4.74 Å². The lowest BCUT2D eigenvalue weighted by atomic mass is 9.95. The van der Waals surface area contributed by atoms with Crippen molar-refractivity contribution in [2.24, 2.45) is 16.1 Å². The van der Waals surface area contributed by atoms with Gasteiger partial charge < -0.3 is 9.64 Å². The minimum absolute atomic E-state index is 0.117. The van der Waals surface area contributed by atoms with Gasteiger partial charge in [-0.25, -0.2) is 13.6 Å². The molecule has 1 fully saturated rings. The Morgan fingerprint density at radius 3 is 2.70 bits per heavy atom. The summed E-state index contributed by atoms with van der Waals surface area (Å²) in [7, 11) is 1.45. The largest absolute Gasteiger partial charge is 0.444 e. The Morgan fingerprint density at radius 2 is 2.15 bits per heavy atom. The Bertz CT molecular complexity index is 414. The molecule has 0 saturated carbocycles. The SMILES string of the molecule is CN=[N+]=NCC1CN(C(=O)OC(C)(C)C)CC(F)(F)C1. The summed E-state index contributed by atoms with van der Waals surface area (Å²) in [5.74, 6) is -3.38. The van der Waals surface area contributed by atoms with Crippen LogP contribution in [0.2, 0.25) is 0 Å². The van der Waals surface area contributed by atoms with E-state index in [9.17, 15) is 13.6 Å². The zero-order chi connectivity index (χ0) is 15.4. The molecule has 1 aliphatic rings. The molecule has 1 saturated heterocycles. The van der Waals surface area contributed by atoms with Crippen LogP contribution >= 0.6 is 0 Å². The van der Waals surface area contributed by atoms with E-state index in [1.54, 1.807) is 20.8 Å². The molecular formula is C12H21F2N4O2+. The molecule has 1 unspecified atom stereocenters. The van der Waals surface area contributed by atoms with Crippen LogP contribution in [-0.4, -0.2) is 49.2 Å². The Kier molecular flexibility index (Phi) is 5.16. The Balaban J connectivity index is 2.72. The van der Waals surface area contributed by atoms with Crippen molar-refractivity contribution in [3.05, 3.63) is 0 Å². The number of ether oxygens (including phenoxy) is 1. The average molecular weight is 291 g/mol. The van der Waals surface area contributed by atoms with Gasteiger partial charge in [-0.05, 0) is 20.8 Å². The van der Waals surface area contributed by atoms with Crippen molar-refractivity contribution in [2.75, 3.05) is 26.7 Å². The van der Waals surface area contributed by atoms with E-state index in [0.29, 0.717) is 0 Å². The summed E-state index contributed by atoms with van der Waals surface area (Å²) >= 11 is 0. The average Bonchev–Trinajstić information content (AvgIpc) is 2.25. The van der Waals surface area contributed by atoms with Gasteiger partial charge in [-0.1, -0.05) is 0 Å². The summed E-state index contributed by atoms with van der Waals surface area (Å²) in [4.78, 5) is 16.3. The van der Waals surface area contributed by atoms with Crippen LogP contribution in [0.15, 0.2) is 10.2 Å². The first-order valence-corrected chi connectivity index (χ1v) is 6.44. The molecule has 8 heteroatoms. The fraction of sp³-hybridized carbons (Fsp3) is 0.917. The number of nitrogens with zero attached hydrogens (tertiary/aromatic N) is 4. The summed E-state index contributed by atoms with van der Waals surface area (Å²) < 4.78 is 32.4. The molecule has 0 N–H and O–H groups in total. The number of amides is 1. The van der Waals surface area contributed by atoms with Gasteiger partial charge in [-0.2, -0.15) is 0 Å². The molecule has 1 amide bonds. The van der Waals surface area contributed by atoms with Gasteiger partial charge >= 0.3 is 6.09 Å². The molecule has 0 aromatic rings. The van der Waals surface area contributed by atoms with E-state index in [2.05, 4.69) is 15.1 Å². The monoisotopic (exact) mass is 291 g/mol. The van der Waals surface area contributed by atoms with Crippen LogP contribution in [0, 0.1) is 5.92 Å². The van der Waals surface area contributed by atoms with Crippen molar-refractivity contribution >= 4 is 6.09 Å². The lowest BCUT2D eigenvalue weighted by Gasteiger charge is -2.37. The first kappa shape index (κ1) is 16.5. The lowest BCUT2D eigenvalue weighted by Crippen LogP contribution is -2.51. The predicted octanol–water partition coefficient (Wildman–Crippen LogP) is 2.48. The number of piperidine rings is 1. The number of hydrogen-bond donors (Lipinski definition) is 0. The van der Waals surface area contributed by atoms with Gasteiger partial charge in [0.25, 0.3) is 5.92 Å². The van der Waals surface area contributed by atoms with Gasteiger partial charge in [-0.15, -0.1) is 0 Å². The number of hydrogen-bond acceptors (Lipinski definition) is 4. The van der Waals surface area contributed by atoms with Crippen LogP contribution in [0.4, 0.5) is 13.6 Å². The summed E-state index contributed by atoms with van der Waals surface area (Å²) in [6.07, 6.45) is -1.03. The Morgan fingerprint density at radius 1 is 1.50 bits per heavy atom. The molecule has 1 heterocycles. The van der Waals surface area contributed by atoms with Gasteiger partial charge in [-0.3, -0.25) is 0 Å². The van der Waals surface area contributed by atoms with Crippen molar-refractivity contribution < 1.29 is 18.3 Å². The van der Waals surface area contributed by atoms with Crippen LogP contribution in [0.1, 0.15) is 27.2 Å². The molecule has 0 aromatic heterocycles. The number of alkyl halides is 2. The highest BCUT2D eigenvalue weighted by molar-refractivity contribution is 5.68. The van der Waals surface area contributed by atoms with Crippen molar-refractivity contribution in [3.63, 3.8) is 0 Å². The maximum atomic E-state index is 13.7. The molecule has 0 aromatic carbocycles. The first-order chi connectivity index (χ1) is 9.13. The third-order valence-electron chi connectivity index (χ3n) is 2.63. The lowest BCUT2D eigenvalue weighted by molar-refractivity contribution is -0.0852. The molecule has 6 nitrogen and oxygen atoms in total. The van der Waals surface area contributed by atoms with Crippen molar-refractivity contribution in [1.29, 1.82) is 0 Å². The van der Waals surface area contributed by atoms with E-state index in [1.165, 1.54) is 7.05 Å². The second kappa shape index (κ2) is 6.26. The van der Waals surface area contributed by atoms with Gasteiger partial charge in [0.1, 0.15) is 29.4 Å². The van der Waals surface area contributed by atoms with Crippen LogP contribution < -0.4 is 4.91 Å². The number of rotatable bonds is 2. The summed E-state index contributed by atoms with van der Waals surface area (Å²) in [6.45, 7) is 4.78. The highest BCUT2D eigenvalue weighted by atomic mass is 19.3. The standard InChI is InChI=1S/C12H21F2N4O2/c1-11(2,3)20-10(19)18-7-9(6-16-17-15-4)5-12(13,14)8-18/h9H,5-8H2,1-4H3/q+1. The van der Waals surface area contributed by atoms with Crippen molar-refractivity contribution in [2.45, 2.75) is 38.7 Å². The first-order valence-electron chi connectivity index (χ1n) is 6.44. The molecule has 114 valence electrons. The molecule has 20 heavy (non-hydrogen) atoms. The molecular weight excluding hydrogens is 270 g/mol. The van der Waals surface area contributed by atoms with Gasteiger partial charge in [0.05, 0.1) is 6.54 Å². The van der Waals surface area contributed by atoms with E-state index in [-0.39, 0.29) is 19.5 Å². The number of carbonyl (C=O) groups excluding carboxylic acids is 1. The van der Waals surface area contributed by atoms with Gasteiger partial charge in [0.15, 0.2) is 0 Å². The Labute approximate surface area is 116 Å². The van der Waals surface area contributed by atoms with Crippen LogP contribution in [0.25, 0.3) is 0 Å². The quantitative estimate of drug-likeness (QED) is 0.579. The number of likely N-dealkylation sites (tertiary alicyclic amines) is 1. The van der Waals surface area contributed by atoms with E-state index in [0.717, 1.165) is 4.90 Å². The van der Waals surface area contributed by atoms with E-state index in [1.807, 2.05) is 0 Å². The number of halogens is 2. The van der Waals surface area contributed by atoms with Gasteiger partial charge in [0, 0.05) is 18.9 Å². The maximum Gasteiger partial charge on any atom is 0.410 e.